The molecular formula is C12H10N4O5. The summed E-state index contributed by atoms with van der Waals surface area (Å²) in [5, 5.41) is 5.78. The van der Waals surface area contributed by atoms with E-state index in [1.54, 1.807) is 12.4 Å². The van der Waals surface area contributed by atoms with Crippen LogP contribution in [0.25, 0.3) is 0 Å². The van der Waals surface area contributed by atoms with Crippen LogP contribution in [0.3, 0.4) is 0 Å². The van der Waals surface area contributed by atoms with Gasteiger partial charge < -0.3 is 28.9 Å². The molecule has 0 radical (unpaired) electrons. The molecule has 4 rings (SSSR count). The Morgan fingerprint density at radius 3 is 1.71 bits per heavy atom. The Morgan fingerprint density at radius 1 is 0.857 bits per heavy atom. The van der Waals surface area contributed by atoms with Crippen molar-refractivity contribution >= 4 is 0 Å². The summed E-state index contributed by atoms with van der Waals surface area (Å²) in [5.41, 5.74) is 0. The highest BCUT2D eigenvalue weighted by molar-refractivity contribution is 5.05. The summed E-state index contributed by atoms with van der Waals surface area (Å²) in [6, 6.07) is 0. The van der Waals surface area contributed by atoms with E-state index in [0.29, 0.717) is 0 Å². The highest BCUT2D eigenvalue weighted by Gasteiger charge is 2.55. The molecule has 9 nitrogen and oxygen atoms in total. The number of oxazole rings is 2. The molecule has 108 valence electrons. The normalized spacial score (nSPS) is 29.7. The number of nitrogens with zero attached hydrogens (tertiary/aromatic N) is 2. The molecule has 2 aliphatic rings. The van der Waals surface area contributed by atoms with Crippen molar-refractivity contribution in [1.29, 1.82) is 0 Å². The molecule has 2 aromatic heterocycles. The summed E-state index contributed by atoms with van der Waals surface area (Å²) in [4.78, 5) is 8.10. The molecule has 0 aliphatic carbocycles. The molecule has 0 fully saturated rings. The summed E-state index contributed by atoms with van der Waals surface area (Å²) in [7, 11) is 0. The Kier molecular flexibility index (Phi) is 2.42. The average molecular weight is 290 g/mol. The lowest BCUT2D eigenvalue weighted by Crippen LogP contribution is -2.52. The molecule has 4 heterocycles. The molecule has 0 saturated heterocycles. The van der Waals surface area contributed by atoms with Crippen LogP contribution in [0, 0.1) is 0 Å². The predicted molar refractivity (Wildman–Crippen MR) is 64.2 cm³/mol. The molecule has 21 heavy (non-hydrogen) atoms. The number of hydrogen-bond acceptors (Lipinski definition) is 9. The van der Waals surface area contributed by atoms with E-state index in [1.165, 1.54) is 37.4 Å². The van der Waals surface area contributed by atoms with Gasteiger partial charge in [-0.3, -0.25) is 0 Å². The predicted octanol–water partition coefficient (Wildman–Crippen LogP) is 0.782. The lowest BCUT2D eigenvalue weighted by atomic mass is 10.4. The van der Waals surface area contributed by atoms with Crippen molar-refractivity contribution in [3.8, 4) is 0 Å². The Morgan fingerprint density at radius 2 is 1.38 bits per heavy atom. The van der Waals surface area contributed by atoms with E-state index in [-0.39, 0.29) is 11.8 Å². The SMILES string of the molecule is C1=COC(OC2(c3ncco3)NC=CO2)(c2ncco2)N1. The fraction of sp³-hybridized carbons (Fsp3) is 0.167. The summed E-state index contributed by atoms with van der Waals surface area (Å²) < 4.78 is 27.4. The van der Waals surface area contributed by atoms with Crippen LogP contribution in [-0.4, -0.2) is 9.97 Å². The van der Waals surface area contributed by atoms with Crippen LogP contribution in [0.2, 0.25) is 0 Å². The molecular weight excluding hydrogens is 280 g/mol. The van der Waals surface area contributed by atoms with Crippen molar-refractivity contribution in [2.24, 2.45) is 0 Å². The Labute approximate surface area is 118 Å². The third kappa shape index (κ3) is 1.75. The minimum atomic E-state index is -1.50. The van der Waals surface area contributed by atoms with Crippen LogP contribution < -0.4 is 10.6 Å². The third-order valence-electron chi connectivity index (χ3n) is 2.87. The third-order valence-corrected chi connectivity index (χ3v) is 2.87. The maximum atomic E-state index is 5.93. The Hall–Kier alpha value is -2.94. The van der Waals surface area contributed by atoms with E-state index in [9.17, 15) is 0 Å². The largest absolute Gasteiger partial charge is 0.443 e. The first kappa shape index (κ1) is 11.9. The fourth-order valence-electron chi connectivity index (χ4n) is 2.01. The number of hydrogen-bond donors (Lipinski definition) is 2. The van der Waals surface area contributed by atoms with E-state index in [1.807, 2.05) is 0 Å². The van der Waals surface area contributed by atoms with Gasteiger partial charge in [0.2, 0.25) is 0 Å². The highest BCUT2D eigenvalue weighted by atomic mass is 16.8. The molecule has 0 aromatic carbocycles. The van der Waals surface area contributed by atoms with Crippen molar-refractivity contribution in [2.45, 2.75) is 11.8 Å². The van der Waals surface area contributed by atoms with Gasteiger partial charge in [-0.2, -0.15) is 0 Å². The van der Waals surface area contributed by atoms with Gasteiger partial charge >= 0.3 is 11.8 Å². The molecule has 2 aliphatic heterocycles. The smallest absolute Gasteiger partial charge is 0.378 e. The van der Waals surface area contributed by atoms with Crippen LogP contribution in [-0.2, 0) is 26.0 Å². The van der Waals surface area contributed by atoms with Crippen LogP contribution in [0.4, 0.5) is 0 Å². The quantitative estimate of drug-likeness (QED) is 0.845. The van der Waals surface area contributed by atoms with E-state index in [2.05, 4.69) is 20.6 Å². The summed E-state index contributed by atoms with van der Waals surface area (Å²) >= 11 is 0. The number of ether oxygens (including phenoxy) is 3. The molecule has 0 bridgehead atoms. The van der Waals surface area contributed by atoms with Crippen molar-refractivity contribution < 1.29 is 23.0 Å². The Balaban J connectivity index is 1.72. The fourth-order valence-corrected chi connectivity index (χ4v) is 2.01. The second-order valence-corrected chi connectivity index (χ2v) is 4.14. The zero-order valence-corrected chi connectivity index (χ0v) is 10.6. The Bertz CT molecular complexity index is 590. The molecule has 0 spiro atoms. The minimum Gasteiger partial charge on any atom is -0.443 e. The van der Waals surface area contributed by atoms with Crippen LogP contribution in [0.1, 0.15) is 11.8 Å². The first-order valence-electron chi connectivity index (χ1n) is 6.04. The second-order valence-electron chi connectivity index (χ2n) is 4.14. The van der Waals surface area contributed by atoms with Gasteiger partial charge in [-0.15, -0.1) is 0 Å². The van der Waals surface area contributed by atoms with Crippen molar-refractivity contribution in [3.63, 3.8) is 0 Å². The van der Waals surface area contributed by atoms with E-state index in [0.717, 1.165) is 0 Å². The molecule has 0 saturated carbocycles. The molecule has 2 N–H and O–H groups in total. The second kappa shape index (κ2) is 4.28. The topological polar surface area (TPSA) is 104 Å². The number of nitrogens with one attached hydrogen (secondary N) is 2. The first-order chi connectivity index (χ1) is 10.3. The van der Waals surface area contributed by atoms with Gasteiger partial charge in [0.05, 0.1) is 12.4 Å². The molecule has 9 heteroatoms. The summed E-state index contributed by atoms with van der Waals surface area (Å²) in [6.45, 7) is 0. The first-order valence-corrected chi connectivity index (χ1v) is 6.04. The lowest BCUT2D eigenvalue weighted by Gasteiger charge is -2.33. The van der Waals surface area contributed by atoms with E-state index >= 15 is 0 Å². The summed E-state index contributed by atoms with van der Waals surface area (Å²) in [5.74, 6) is -2.68. The molecule has 2 aromatic rings. The van der Waals surface area contributed by atoms with Gasteiger partial charge in [-0.1, -0.05) is 0 Å². The molecule has 2 unspecified atom stereocenters. The van der Waals surface area contributed by atoms with Gasteiger partial charge in [0.25, 0.3) is 11.8 Å². The standard InChI is InChI=1S/C12H10N4O5/c1-5-17-9(13-1)11(15-3-7-19-11)21-12(16-4-8-20-12)10-14-2-6-18-10/h1-8,15-16H. The minimum absolute atomic E-state index is 0.163. The molecule has 2 atom stereocenters. The monoisotopic (exact) mass is 290 g/mol. The highest BCUT2D eigenvalue weighted by Crippen LogP contribution is 2.37. The van der Waals surface area contributed by atoms with Crippen molar-refractivity contribution in [3.05, 3.63) is 61.6 Å². The van der Waals surface area contributed by atoms with Gasteiger partial charge in [-0.25, -0.2) is 14.7 Å². The van der Waals surface area contributed by atoms with Gasteiger partial charge in [0.15, 0.2) is 0 Å². The van der Waals surface area contributed by atoms with Crippen LogP contribution >= 0.6 is 0 Å². The number of aromatic nitrogens is 2. The van der Waals surface area contributed by atoms with E-state index < -0.39 is 11.8 Å². The zero-order valence-electron chi connectivity index (χ0n) is 10.6. The average Bonchev–Trinajstić information content (AvgIpc) is 3.29. The maximum absolute atomic E-state index is 5.93. The zero-order chi connectivity index (χ0) is 14.2. The maximum Gasteiger partial charge on any atom is 0.378 e. The van der Waals surface area contributed by atoms with E-state index in [4.69, 9.17) is 23.0 Å². The number of rotatable bonds is 4. The van der Waals surface area contributed by atoms with Gasteiger partial charge in [-0.05, 0) is 0 Å². The van der Waals surface area contributed by atoms with Crippen molar-refractivity contribution in [1.82, 2.24) is 20.6 Å². The molecule has 0 amide bonds. The van der Waals surface area contributed by atoms with Crippen molar-refractivity contribution in [2.75, 3.05) is 0 Å². The van der Waals surface area contributed by atoms with Gasteiger partial charge in [0, 0.05) is 12.4 Å². The summed E-state index contributed by atoms with van der Waals surface area (Å²) in [6.07, 6.45) is 11.7. The lowest BCUT2D eigenvalue weighted by molar-refractivity contribution is -0.368. The van der Waals surface area contributed by atoms with Gasteiger partial charge in [0.1, 0.15) is 25.1 Å². The van der Waals surface area contributed by atoms with Crippen LogP contribution in [0.15, 0.2) is 58.7 Å². The van der Waals surface area contributed by atoms with Crippen LogP contribution in [0.5, 0.6) is 0 Å².